The van der Waals surface area contributed by atoms with E-state index >= 15 is 0 Å². The zero-order valence-electron chi connectivity index (χ0n) is 10.3. The van der Waals surface area contributed by atoms with Gasteiger partial charge in [0.05, 0.1) is 14.4 Å². The Morgan fingerprint density at radius 3 is 2.95 bits per heavy atom. The van der Waals surface area contributed by atoms with E-state index in [9.17, 15) is 4.79 Å². The molecule has 1 aliphatic carbocycles. The van der Waals surface area contributed by atoms with Crippen LogP contribution < -0.4 is 0 Å². The van der Waals surface area contributed by atoms with Crippen LogP contribution in [0.25, 0.3) is 0 Å². The number of carbonyl (C=O) groups is 1. The lowest BCUT2D eigenvalue weighted by Crippen LogP contribution is -2.02. The molecule has 0 atom stereocenters. The standard InChI is InChI=1S/C12H12BrN3OS2/c1-16-11(7-2-3-7)14-15-12(16)18-6-8(17)9-4-5-10(13)19-9/h4-5,7H,2-3,6H2,1H3. The maximum absolute atomic E-state index is 12.0. The van der Waals surface area contributed by atoms with Crippen molar-refractivity contribution >= 4 is 44.8 Å². The third-order valence-corrected chi connectivity index (χ3v) is 5.68. The fourth-order valence-electron chi connectivity index (χ4n) is 1.81. The quantitative estimate of drug-likeness (QED) is 0.606. The highest BCUT2D eigenvalue weighted by Gasteiger charge is 2.29. The van der Waals surface area contributed by atoms with Crippen molar-refractivity contribution < 1.29 is 4.79 Å². The lowest BCUT2D eigenvalue weighted by atomic mass is 10.4. The summed E-state index contributed by atoms with van der Waals surface area (Å²) in [6.45, 7) is 0. The van der Waals surface area contributed by atoms with E-state index in [2.05, 4.69) is 26.1 Å². The van der Waals surface area contributed by atoms with E-state index in [1.54, 1.807) is 0 Å². The molecule has 2 aromatic rings. The number of thiophene rings is 1. The number of aromatic nitrogens is 3. The molecule has 0 unspecified atom stereocenters. The smallest absolute Gasteiger partial charge is 0.191 e. The zero-order valence-corrected chi connectivity index (χ0v) is 13.5. The molecule has 0 aromatic carbocycles. The molecule has 0 bridgehead atoms. The Bertz CT molecular complexity index is 618. The summed E-state index contributed by atoms with van der Waals surface area (Å²) in [7, 11) is 1.97. The van der Waals surface area contributed by atoms with Gasteiger partial charge in [0.15, 0.2) is 10.9 Å². The lowest BCUT2D eigenvalue weighted by molar-refractivity contribution is 0.102. The Morgan fingerprint density at radius 2 is 2.32 bits per heavy atom. The number of ketones is 1. The average Bonchev–Trinajstić information content (AvgIpc) is 3.03. The second kappa shape index (κ2) is 5.38. The number of Topliss-reactive ketones (excluding diaryl/α,β-unsaturated/α-hetero) is 1. The monoisotopic (exact) mass is 357 g/mol. The molecule has 2 heterocycles. The summed E-state index contributed by atoms with van der Waals surface area (Å²) in [5.41, 5.74) is 0. The predicted octanol–water partition coefficient (Wildman–Crippen LogP) is 3.49. The molecule has 3 rings (SSSR count). The van der Waals surface area contributed by atoms with Gasteiger partial charge in [-0.15, -0.1) is 21.5 Å². The minimum Gasteiger partial charge on any atom is -0.309 e. The van der Waals surface area contributed by atoms with E-state index < -0.39 is 0 Å². The average molecular weight is 358 g/mol. The van der Waals surface area contributed by atoms with Crippen LogP contribution in [0.5, 0.6) is 0 Å². The minimum absolute atomic E-state index is 0.136. The number of thioether (sulfide) groups is 1. The molecule has 0 radical (unpaired) electrons. The van der Waals surface area contributed by atoms with Gasteiger partial charge in [0, 0.05) is 13.0 Å². The van der Waals surface area contributed by atoms with Crippen LogP contribution in [0.4, 0.5) is 0 Å². The third-order valence-electron chi connectivity index (χ3n) is 2.99. The topological polar surface area (TPSA) is 47.8 Å². The number of hydrogen-bond acceptors (Lipinski definition) is 5. The molecule has 100 valence electrons. The normalized spacial score (nSPS) is 14.8. The second-order valence-electron chi connectivity index (χ2n) is 4.49. The van der Waals surface area contributed by atoms with Crippen molar-refractivity contribution in [3.63, 3.8) is 0 Å². The van der Waals surface area contributed by atoms with E-state index in [4.69, 9.17) is 0 Å². The van der Waals surface area contributed by atoms with Gasteiger partial charge < -0.3 is 4.57 Å². The highest BCUT2D eigenvalue weighted by Crippen LogP contribution is 2.39. The molecule has 0 spiro atoms. The summed E-state index contributed by atoms with van der Waals surface area (Å²) in [4.78, 5) is 12.8. The Balaban J connectivity index is 1.64. The molecule has 4 nitrogen and oxygen atoms in total. The molecule has 7 heteroatoms. The van der Waals surface area contributed by atoms with Gasteiger partial charge in [-0.2, -0.15) is 0 Å². The van der Waals surface area contributed by atoms with Gasteiger partial charge in [-0.1, -0.05) is 11.8 Å². The van der Waals surface area contributed by atoms with Gasteiger partial charge in [0.25, 0.3) is 0 Å². The molecule has 19 heavy (non-hydrogen) atoms. The summed E-state index contributed by atoms with van der Waals surface area (Å²) < 4.78 is 3.00. The first kappa shape index (κ1) is 13.3. The number of halogens is 1. The molecule has 0 saturated heterocycles. The summed E-state index contributed by atoms with van der Waals surface area (Å²) in [6, 6.07) is 3.75. The molecule has 1 aliphatic rings. The van der Waals surface area contributed by atoms with E-state index in [0.29, 0.717) is 11.7 Å². The third kappa shape index (κ3) is 2.93. The first-order chi connectivity index (χ1) is 9.15. The highest BCUT2D eigenvalue weighted by atomic mass is 79.9. The van der Waals surface area contributed by atoms with Crippen LogP contribution in [0.1, 0.15) is 34.3 Å². The van der Waals surface area contributed by atoms with Crippen molar-refractivity contribution in [1.29, 1.82) is 0 Å². The largest absolute Gasteiger partial charge is 0.309 e. The fraction of sp³-hybridized carbons (Fsp3) is 0.417. The molecule has 0 amide bonds. The van der Waals surface area contributed by atoms with E-state index in [1.807, 2.05) is 23.7 Å². The molecular weight excluding hydrogens is 346 g/mol. The molecule has 1 fully saturated rings. The Morgan fingerprint density at radius 1 is 1.53 bits per heavy atom. The van der Waals surface area contributed by atoms with Crippen LogP contribution in [0.2, 0.25) is 0 Å². The van der Waals surface area contributed by atoms with Crippen LogP contribution in [-0.4, -0.2) is 26.3 Å². The van der Waals surface area contributed by atoms with Crippen molar-refractivity contribution in [2.45, 2.75) is 23.9 Å². The molecule has 2 aromatic heterocycles. The lowest BCUT2D eigenvalue weighted by Gasteiger charge is -2.01. The van der Waals surface area contributed by atoms with Crippen molar-refractivity contribution in [2.75, 3.05) is 5.75 Å². The van der Waals surface area contributed by atoms with Crippen molar-refractivity contribution in [3.05, 3.63) is 26.6 Å². The summed E-state index contributed by atoms with van der Waals surface area (Å²) in [6.07, 6.45) is 2.41. The van der Waals surface area contributed by atoms with Gasteiger partial charge >= 0.3 is 0 Å². The van der Waals surface area contributed by atoms with Crippen LogP contribution in [-0.2, 0) is 7.05 Å². The van der Waals surface area contributed by atoms with Crippen molar-refractivity contribution in [2.24, 2.45) is 7.05 Å². The fourth-order valence-corrected chi connectivity index (χ4v) is 4.03. The zero-order chi connectivity index (χ0) is 13.4. The summed E-state index contributed by atoms with van der Waals surface area (Å²) in [5.74, 6) is 2.17. The van der Waals surface area contributed by atoms with Crippen LogP contribution in [0.3, 0.4) is 0 Å². The van der Waals surface area contributed by atoms with E-state index in [0.717, 1.165) is 19.6 Å². The van der Waals surface area contributed by atoms with Crippen LogP contribution >= 0.6 is 39.0 Å². The van der Waals surface area contributed by atoms with Crippen LogP contribution in [0.15, 0.2) is 21.1 Å². The molecule has 0 aliphatic heterocycles. The Hall–Kier alpha value is -0.660. The predicted molar refractivity (Wildman–Crippen MR) is 80.1 cm³/mol. The number of hydrogen-bond donors (Lipinski definition) is 0. The molecular formula is C12H12BrN3OS2. The number of rotatable bonds is 5. The summed E-state index contributed by atoms with van der Waals surface area (Å²) >= 11 is 6.29. The maximum atomic E-state index is 12.0. The van der Waals surface area contributed by atoms with Gasteiger partial charge in [-0.3, -0.25) is 4.79 Å². The summed E-state index contributed by atoms with van der Waals surface area (Å²) in [5, 5.41) is 9.20. The maximum Gasteiger partial charge on any atom is 0.191 e. The van der Waals surface area contributed by atoms with Crippen LogP contribution in [0, 0.1) is 0 Å². The SMILES string of the molecule is Cn1c(SCC(=O)c2ccc(Br)s2)nnc1C1CC1. The van der Waals surface area contributed by atoms with E-state index in [1.165, 1.54) is 35.9 Å². The first-order valence-corrected chi connectivity index (χ1v) is 8.55. The molecule has 0 N–H and O–H groups in total. The van der Waals surface area contributed by atoms with Crippen molar-refractivity contribution in [1.82, 2.24) is 14.8 Å². The minimum atomic E-state index is 0.136. The second-order valence-corrected chi connectivity index (χ2v) is 7.90. The highest BCUT2D eigenvalue weighted by molar-refractivity contribution is 9.11. The Kier molecular flexibility index (Phi) is 3.77. The van der Waals surface area contributed by atoms with Gasteiger partial charge in [-0.05, 0) is 40.9 Å². The van der Waals surface area contributed by atoms with E-state index in [-0.39, 0.29) is 5.78 Å². The van der Waals surface area contributed by atoms with Gasteiger partial charge in [-0.25, -0.2) is 0 Å². The first-order valence-electron chi connectivity index (χ1n) is 5.96. The van der Waals surface area contributed by atoms with Gasteiger partial charge in [0.1, 0.15) is 5.82 Å². The Labute approximate surface area is 127 Å². The number of nitrogens with zero attached hydrogens (tertiary/aromatic N) is 3. The van der Waals surface area contributed by atoms with Gasteiger partial charge in [0.2, 0.25) is 0 Å². The molecule has 1 saturated carbocycles. The van der Waals surface area contributed by atoms with Crippen molar-refractivity contribution in [3.8, 4) is 0 Å². The number of carbonyl (C=O) groups excluding carboxylic acids is 1.